The molecule has 0 radical (unpaired) electrons. The highest BCUT2D eigenvalue weighted by atomic mass is 16.6. The molecule has 0 bridgehead atoms. The van der Waals surface area contributed by atoms with Crippen molar-refractivity contribution in [2.45, 2.75) is 13.5 Å². The maximum atomic E-state index is 10.4. The highest BCUT2D eigenvalue weighted by Gasteiger charge is 2.14. The number of benzene rings is 1. The van der Waals surface area contributed by atoms with Crippen LogP contribution in [0.25, 0.3) is 0 Å². The summed E-state index contributed by atoms with van der Waals surface area (Å²) >= 11 is 0. The summed E-state index contributed by atoms with van der Waals surface area (Å²) in [6.07, 6.45) is 0.910. The molecule has 0 aliphatic carbocycles. The van der Waals surface area contributed by atoms with Gasteiger partial charge in [-0.25, -0.2) is 0 Å². The average Bonchev–Trinajstić information content (AvgIpc) is 2.30. The normalized spacial score (nSPS) is 13.8. The van der Waals surface area contributed by atoms with Gasteiger partial charge in [-0.3, -0.25) is 4.90 Å². The number of aryl methyl sites for hydroxylation is 1. The number of hydrogen-bond acceptors (Lipinski definition) is 4. The van der Waals surface area contributed by atoms with Gasteiger partial charge in [-0.15, -0.1) is 0 Å². The first-order chi connectivity index (χ1) is 8.20. The summed E-state index contributed by atoms with van der Waals surface area (Å²) in [5, 5.41) is 0. The minimum absolute atomic E-state index is 0.438. The fourth-order valence-electron chi connectivity index (χ4n) is 1.89. The highest BCUT2D eigenvalue weighted by Crippen LogP contribution is 2.33. The summed E-state index contributed by atoms with van der Waals surface area (Å²) in [6, 6.07) is 4.00. The molecule has 1 aromatic rings. The van der Waals surface area contributed by atoms with E-state index in [1.54, 1.807) is 0 Å². The van der Waals surface area contributed by atoms with E-state index in [4.69, 9.17) is 9.47 Å². The molecule has 0 saturated heterocycles. The summed E-state index contributed by atoms with van der Waals surface area (Å²) in [5.74, 6) is 1.62. The van der Waals surface area contributed by atoms with Gasteiger partial charge in [-0.2, -0.15) is 0 Å². The lowest BCUT2D eigenvalue weighted by Crippen LogP contribution is -2.21. The van der Waals surface area contributed by atoms with Gasteiger partial charge in [-0.1, -0.05) is 0 Å². The second kappa shape index (κ2) is 5.19. The van der Waals surface area contributed by atoms with Crippen LogP contribution in [0, 0.1) is 6.92 Å². The van der Waals surface area contributed by atoms with E-state index < -0.39 is 0 Å². The van der Waals surface area contributed by atoms with E-state index in [0.29, 0.717) is 19.8 Å². The van der Waals surface area contributed by atoms with Gasteiger partial charge in [0.2, 0.25) is 0 Å². The van der Waals surface area contributed by atoms with E-state index in [9.17, 15) is 4.79 Å². The number of rotatable bonds is 4. The van der Waals surface area contributed by atoms with Crippen LogP contribution in [0.5, 0.6) is 11.5 Å². The maximum Gasteiger partial charge on any atom is 0.161 e. The number of aldehydes is 1. The topological polar surface area (TPSA) is 38.8 Å². The molecule has 0 unspecified atom stereocenters. The van der Waals surface area contributed by atoms with Gasteiger partial charge >= 0.3 is 0 Å². The van der Waals surface area contributed by atoms with Crippen LogP contribution < -0.4 is 9.47 Å². The number of hydrogen-bond donors (Lipinski definition) is 0. The largest absolute Gasteiger partial charge is 0.486 e. The second-order valence-electron chi connectivity index (χ2n) is 4.29. The van der Waals surface area contributed by atoms with Crippen molar-refractivity contribution in [2.24, 2.45) is 0 Å². The predicted molar refractivity (Wildman–Crippen MR) is 64.6 cm³/mol. The van der Waals surface area contributed by atoms with Crippen LogP contribution >= 0.6 is 0 Å². The molecule has 0 spiro atoms. The van der Waals surface area contributed by atoms with Crippen LogP contribution in [0.1, 0.15) is 11.1 Å². The standard InChI is InChI=1S/C13H17NO3/c1-10-7-12-13(17-6-5-16-12)8-11(10)9-14(2)3-4-15/h4,7-8H,3,5-6,9H2,1-2H3. The highest BCUT2D eigenvalue weighted by molar-refractivity contribution is 5.52. The summed E-state index contributed by atoms with van der Waals surface area (Å²) in [5.41, 5.74) is 2.32. The zero-order valence-electron chi connectivity index (χ0n) is 10.2. The third-order valence-corrected chi connectivity index (χ3v) is 2.83. The van der Waals surface area contributed by atoms with Crippen molar-refractivity contribution in [2.75, 3.05) is 26.8 Å². The van der Waals surface area contributed by atoms with Gasteiger partial charge in [-0.05, 0) is 37.2 Å². The molecule has 92 valence electrons. The van der Waals surface area contributed by atoms with Crippen LogP contribution in [-0.4, -0.2) is 38.0 Å². The Balaban J connectivity index is 2.19. The van der Waals surface area contributed by atoms with Gasteiger partial charge in [0, 0.05) is 6.54 Å². The molecule has 0 fully saturated rings. The molecule has 1 aliphatic rings. The van der Waals surface area contributed by atoms with Crippen LogP contribution in [0.2, 0.25) is 0 Å². The number of likely N-dealkylation sites (N-methyl/N-ethyl adjacent to an activating group) is 1. The molecule has 0 saturated carbocycles. The van der Waals surface area contributed by atoms with Crippen LogP contribution in [0.3, 0.4) is 0 Å². The fourth-order valence-corrected chi connectivity index (χ4v) is 1.89. The van der Waals surface area contributed by atoms with Crippen molar-refractivity contribution in [1.82, 2.24) is 4.90 Å². The summed E-state index contributed by atoms with van der Waals surface area (Å²) in [4.78, 5) is 12.4. The van der Waals surface area contributed by atoms with Crippen LogP contribution in [0.15, 0.2) is 12.1 Å². The molecule has 17 heavy (non-hydrogen) atoms. The van der Waals surface area contributed by atoms with Gasteiger partial charge in [0.25, 0.3) is 0 Å². The minimum atomic E-state index is 0.438. The van der Waals surface area contributed by atoms with Crippen molar-refractivity contribution in [3.63, 3.8) is 0 Å². The molecule has 0 aromatic heterocycles. The zero-order chi connectivity index (χ0) is 12.3. The van der Waals surface area contributed by atoms with E-state index in [2.05, 4.69) is 0 Å². The van der Waals surface area contributed by atoms with Crippen molar-refractivity contribution in [3.05, 3.63) is 23.3 Å². The number of carbonyl (C=O) groups is 1. The first-order valence-electron chi connectivity index (χ1n) is 5.72. The van der Waals surface area contributed by atoms with Crippen LogP contribution in [0.4, 0.5) is 0 Å². The lowest BCUT2D eigenvalue weighted by atomic mass is 10.1. The number of ether oxygens (including phenoxy) is 2. The van der Waals surface area contributed by atoms with Gasteiger partial charge in [0.15, 0.2) is 11.5 Å². The number of fused-ring (bicyclic) bond motifs is 1. The Hall–Kier alpha value is -1.55. The molecule has 1 heterocycles. The molecular formula is C13H17NO3. The summed E-state index contributed by atoms with van der Waals surface area (Å²) in [6.45, 7) is 4.42. The van der Waals surface area contributed by atoms with E-state index in [1.807, 2.05) is 31.0 Å². The van der Waals surface area contributed by atoms with E-state index in [-0.39, 0.29) is 0 Å². The van der Waals surface area contributed by atoms with Crippen LogP contribution in [-0.2, 0) is 11.3 Å². The van der Waals surface area contributed by atoms with Crippen molar-refractivity contribution < 1.29 is 14.3 Å². The third-order valence-electron chi connectivity index (χ3n) is 2.83. The Bertz CT molecular complexity index is 417. The quantitative estimate of drug-likeness (QED) is 0.739. The number of carbonyl (C=O) groups excluding carboxylic acids is 1. The summed E-state index contributed by atoms with van der Waals surface area (Å²) in [7, 11) is 1.92. The molecule has 0 amide bonds. The van der Waals surface area contributed by atoms with Crippen molar-refractivity contribution >= 4 is 6.29 Å². The monoisotopic (exact) mass is 235 g/mol. The van der Waals surface area contributed by atoms with Crippen molar-refractivity contribution in [3.8, 4) is 11.5 Å². The Kier molecular flexibility index (Phi) is 3.64. The SMILES string of the molecule is Cc1cc2c(cc1CN(C)CC=O)OCCO2. The Morgan fingerprint density at radius 1 is 1.29 bits per heavy atom. The predicted octanol–water partition coefficient (Wildman–Crippen LogP) is 1.40. The average molecular weight is 235 g/mol. The Labute approximate surface area is 101 Å². The smallest absolute Gasteiger partial charge is 0.161 e. The molecule has 0 atom stereocenters. The molecule has 2 rings (SSSR count). The van der Waals surface area contributed by atoms with Gasteiger partial charge in [0.05, 0.1) is 6.54 Å². The molecule has 4 heteroatoms. The third kappa shape index (κ3) is 2.77. The van der Waals surface area contributed by atoms with E-state index >= 15 is 0 Å². The zero-order valence-corrected chi connectivity index (χ0v) is 10.2. The lowest BCUT2D eigenvalue weighted by molar-refractivity contribution is -0.108. The molecule has 0 N–H and O–H groups in total. The first-order valence-corrected chi connectivity index (χ1v) is 5.72. The first kappa shape index (κ1) is 11.9. The molecule has 4 nitrogen and oxygen atoms in total. The minimum Gasteiger partial charge on any atom is -0.486 e. The second-order valence-corrected chi connectivity index (χ2v) is 4.29. The number of nitrogens with zero attached hydrogens (tertiary/aromatic N) is 1. The van der Waals surface area contributed by atoms with E-state index in [1.165, 1.54) is 5.56 Å². The Morgan fingerprint density at radius 3 is 2.59 bits per heavy atom. The maximum absolute atomic E-state index is 10.4. The van der Waals surface area contributed by atoms with Crippen molar-refractivity contribution in [1.29, 1.82) is 0 Å². The lowest BCUT2D eigenvalue weighted by Gasteiger charge is -2.22. The molecular weight excluding hydrogens is 218 g/mol. The summed E-state index contributed by atoms with van der Waals surface area (Å²) < 4.78 is 11.1. The van der Waals surface area contributed by atoms with Gasteiger partial charge < -0.3 is 14.3 Å². The Morgan fingerprint density at radius 2 is 1.94 bits per heavy atom. The van der Waals surface area contributed by atoms with E-state index in [0.717, 1.165) is 29.9 Å². The molecule has 1 aromatic carbocycles. The fraction of sp³-hybridized carbons (Fsp3) is 0.462. The molecule has 1 aliphatic heterocycles. The van der Waals surface area contributed by atoms with Gasteiger partial charge in [0.1, 0.15) is 19.5 Å².